The third-order valence-corrected chi connectivity index (χ3v) is 13.2. The zero-order chi connectivity index (χ0) is 40.3. The SMILES string of the molecule is CCOc1cc([C@@H](CS(C)(=O)=O)N2C(=O)c3cccc(CCCN4CCC(N5CCC(c6ccc(C7CCC(=O)NC7=O)cc6)CC5)CC4)c3C2=O)ccc1OC. The summed E-state index contributed by atoms with van der Waals surface area (Å²) in [4.78, 5) is 58.1. The van der Waals surface area contributed by atoms with Gasteiger partial charge in [0.05, 0.1) is 42.6 Å². The van der Waals surface area contributed by atoms with Gasteiger partial charge in [0.1, 0.15) is 9.84 Å². The van der Waals surface area contributed by atoms with E-state index < -0.39 is 33.4 Å². The van der Waals surface area contributed by atoms with E-state index in [9.17, 15) is 27.6 Å². The van der Waals surface area contributed by atoms with Crippen LogP contribution in [0.25, 0.3) is 0 Å². The Morgan fingerprint density at radius 3 is 2.23 bits per heavy atom. The van der Waals surface area contributed by atoms with Crippen molar-refractivity contribution in [2.24, 2.45) is 0 Å². The predicted octanol–water partition coefficient (Wildman–Crippen LogP) is 5.27. The number of fused-ring (bicyclic) bond motifs is 1. The first-order valence-corrected chi connectivity index (χ1v) is 22.4. The molecule has 0 aliphatic carbocycles. The Hall–Kier alpha value is -4.59. The number of carbonyl (C=O) groups is 4. The van der Waals surface area contributed by atoms with Gasteiger partial charge < -0.3 is 19.3 Å². The topological polar surface area (TPSA) is 143 Å². The second-order valence-electron chi connectivity index (χ2n) is 15.9. The molecular weight excluding hydrogens is 745 g/mol. The number of nitrogens with one attached hydrogen (secondary N) is 1. The summed E-state index contributed by atoms with van der Waals surface area (Å²) in [7, 11) is -2.08. The molecule has 57 heavy (non-hydrogen) atoms. The van der Waals surface area contributed by atoms with Gasteiger partial charge in [0.25, 0.3) is 11.8 Å². The number of ether oxygens (including phenoxy) is 2. The van der Waals surface area contributed by atoms with Crippen LogP contribution in [0.2, 0.25) is 0 Å². The molecule has 3 aromatic rings. The van der Waals surface area contributed by atoms with E-state index in [-0.39, 0.29) is 17.7 Å². The van der Waals surface area contributed by atoms with E-state index in [4.69, 9.17) is 9.47 Å². The predicted molar refractivity (Wildman–Crippen MR) is 216 cm³/mol. The fraction of sp³-hybridized carbons (Fsp3) is 0.500. The van der Waals surface area contributed by atoms with Crippen LogP contribution in [0, 0.1) is 0 Å². The molecule has 304 valence electrons. The zero-order valence-corrected chi connectivity index (χ0v) is 34.0. The lowest BCUT2D eigenvalue weighted by Crippen LogP contribution is -2.47. The maximum atomic E-state index is 14.1. The fourth-order valence-corrected chi connectivity index (χ4v) is 10.2. The van der Waals surface area contributed by atoms with Gasteiger partial charge in [-0.3, -0.25) is 29.4 Å². The number of carbonyl (C=O) groups excluding carboxylic acids is 4. The number of piperidine rings is 3. The average Bonchev–Trinajstić information content (AvgIpc) is 3.46. The summed E-state index contributed by atoms with van der Waals surface area (Å²) < 4.78 is 36.5. The molecule has 4 aliphatic heterocycles. The summed E-state index contributed by atoms with van der Waals surface area (Å²) in [6, 6.07) is 18.4. The Bertz CT molecular complexity index is 2090. The van der Waals surface area contributed by atoms with Crippen LogP contribution in [0.5, 0.6) is 11.5 Å². The molecule has 7 rings (SSSR count). The van der Waals surface area contributed by atoms with Crippen molar-refractivity contribution in [3.8, 4) is 11.5 Å². The lowest BCUT2D eigenvalue weighted by atomic mass is 9.85. The van der Waals surface area contributed by atoms with Gasteiger partial charge in [0.15, 0.2) is 11.5 Å². The molecule has 0 spiro atoms. The van der Waals surface area contributed by atoms with Crippen molar-refractivity contribution in [1.82, 2.24) is 20.0 Å². The number of hydrogen-bond acceptors (Lipinski definition) is 10. The molecule has 0 radical (unpaired) electrons. The molecule has 4 heterocycles. The smallest absolute Gasteiger partial charge is 0.262 e. The first-order valence-electron chi connectivity index (χ1n) is 20.3. The van der Waals surface area contributed by atoms with Gasteiger partial charge >= 0.3 is 0 Å². The largest absolute Gasteiger partial charge is 0.493 e. The van der Waals surface area contributed by atoms with E-state index >= 15 is 0 Å². The highest BCUT2D eigenvalue weighted by Crippen LogP contribution is 2.38. The molecule has 0 bridgehead atoms. The van der Waals surface area contributed by atoms with Crippen molar-refractivity contribution in [3.05, 3.63) is 94.0 Å². The number of nitrogens with zero attached hydrogens (tertiary/aromatic N) is 3. The first kappa shape index (κ1) is 40.6. The standard InChI is InChI=1S/C44H54N4O8S/c1-4-56-39-27-33(14-16-38(39)55-2)37(28-57(3,53)54)48-43(51)36-9-5-7-32(41(36)44(48)52)8-6-22-46-23-20-34(21-24-46)47-25-18-30(19-26-47)29-10-12-31(13-11-29)35-15-17-40(49)45-42(35)50/h5,7,9-14,16,27,30,34-35,37H,4,6,8,15,17-26,28H2,1-3H3,(H,45,49,50)/t35?,37-/m1/s1. The average molecular weight is 799 g/mol. The lowest BCUT2D eigenvalue weighted by molar-refractivity contribution is -0.134. The Balaban J connectivity index is 0.911. The van der Waals surface area contributed by atoms with Crippen LogP contribution in [0.4, 0.5) is 0 Å². The van der Waals surface area contributed by atoms with Crippen LogP contribution in [0.15, 0.2) is 60.7 Å². The number of imide groups is 2. The van der Waals surface area contributed by atoms with Crippen molar-refractivity contribution in [2.45, 2.75) is 82.2 Å². The molecular formula is C44H54N4O8S. The number of amides is 4. The molecule has 13 heteroatoms. The first-order chi connectivity index (χ1) is 27.4. The van der Waals surface area contributed by atoms with Gasteiger partial charge in [-0.1, -0.05) is 42.5 Å². The van der Waals surface area contributed by atoms with Crippen molar-refractivity contribution in [2.75, 3.05) is 58.4 Å². The highest BCUT2D eigenvalue weighted by molar-refractivity contribution is 7.90. The molecule has 0 saturated carbocycles. The number of methoxy groups -OCH3 is 1. The van der Waals surface area contributed by atoms with E-state index in [1.807, 2.05) is 13.0 Å². The van der Waals surface area contributed by atoms with Crippen LogP contribution in [0.1, 0.15) is 113 Å². The third-order valence-electron chi connectivity index (χ3n) is 12.3. The minimum Gasteiger partial charge on any atom is -0.493 e. The number of benzene rings is 3. The Labute approximate surface area is 335 Å². The van der Waals surface area contributed by atoms with Gasteiger partial charge in [0.2, 0.25) is 11.8 Å². The Morgan fingerprint density at radius 2 is 1.56 bits per heavy atom. The summed E-state index contributed by atoms with van der Waals surface area (Å²) in [6.45, 7) is 7.26. The Kier molecular flexibility index (Phi) is 12.5. The summed E-state index contributed by atoms with van der Waals surface area (Å²) in [5.41, 5.74) is 4.26. The van der Waals surface area contributed by atoms with E-state index in [0.717, 1.165) is 87.1 Å². The molecule has 4 amide bonds. The summed E-state index contributed by atoms with van der Waals surface area (Å²) in [5, 5.41) is 2.46. The number of hydrogen-bond donors (Lipinski definition) is 1. The second kappa shape index (κ2) is 17.5. The number of likely N-dealkylation sites (tertiary alicyclic amines) is 2. The van der Waals surface area contributed by atoms with Crippen LogP contribution in [-0.2, 0) is 25.8 Å². The van der Waals surface area contributed by atoms with Gasteiger partial charge in [-0.2, -0.15) is 0 Å². The maximum absolute atomic E-state index is 14.1. The van der Waals surface area contributed by atoms with Crippen molar-refractivity contribution in [3.63, 3.8) is 0 Å². The van der Waals surface area contributed by atoms with E-state index in [0.29, 0.717) is 66.0 Å². The number of sulfone groups is 1. The van der Waals surface area contributed by atoms with Crippen molar-refractivity contribution >= 4 is 33.5 Å². The fourth-order valence-electron chi connectivity index (χ4n) is 9.25. The van der Waals surface area contributed by atoms with Crippen LogP contribution in [0.3, 0.4) is 0 Å². The van der Waals surface area contributed by atoms with Gasteiger partial charge in [-0.15, -0.1) is 0 Å². The zero-order valence-electron chi connectivity index (χ0n) is 33.2. The molecule has 3 saturated heterocycles. The summed E-state index contributed by atoms with van der Waals surface area (Å²) >= 11 is 0. The molecule has 12 nitrogen and oxygen atoms in total. The van der Waals surface area contributed by atoms with Gasteiger partial charge in [-0.05, 0) is 131 Å². The van der Waals surface area contributed by atoms with Crippen molar-refractivity contribution in [1.29, 1.82) is 0 Å². The molecule has 4 aliphatic rings. The minimum atomic E-state index is -3.60. The number of rotatable bonds is 14. The highest BCUT2D eigenvalue weighted by Gasteiger charge is 2.43. The number of aryl methyl sites for hydroxylation is 1. The van der Waals surface area contributed by atoms with E-state index in [2.05, 4.69) is 39.4 Å². The molecule has 1 N–H and O–H groups in total. The molecule has 3 fully saturated rings. The van der Waals surface area contributed by atoms with Crippen molar-refractivity contribution < 1.29 is 37.1 Å². The normalized spacial score (nSPS) is 20.8. The van der Waals surface area contributed by atoms with Crippen LogP contribution < -0.4 is 14.8 Å². The van der Waals surface area contributed by atoms with Crippen LogP contribution >= 0.6 is 0 Å². The quantitative estimate of drug-likeness (QED) is 0.215. The molecule has 2 atom stereocenters. The lowest BCUT2D eigenvalue weighted by Gasteiger charge is -2.42. The van der Waals surface area contributed by atoms with Crippen LogP contribution in [-0.4, -0.2) is 111 Å². The monoisotopic (exact) mass is 798 g/mol. The van der Waals surface area contributed by atoms with Gasteiger partial charge in [-0.25, -0.2) is 8.42 Å². The second-order valence-corrected chi connectivity index (χ2v) is 18.1. The Morgan fingerprint density at radius 1 is 0.842 bits per heavy atom. The van der Waals surface area contributed by atoms with E-state index in [1.165, 1.54) is 12.7 Å². The minimum absolute atomic E-state index is 0.188. The third kappa shape index (κ3) is 9.10. The molecule has 3 aromatic carbocycles. The summed E-state index contributed by atoms with van der Waals surface area (Å²) in [6.07, 6.45) is 7.99. The highest BCUT2D eigenvalue weighted by atomic mass is 32.2. The molecule has 0 aromatic heterocycles. The molecule has 1 unspecified atom stereocenters. The van der Waals surface area contributed by atoms with Gasteiger partial charge in [0, 0.05) is 18.7 Å². The van der Waals surface area contributed by atoms with E-state index in [1.54, 1.807) is 30.3 Å². The maximum Gasteiger partial charge on any atom is 0.262 e. The summed E-state index contributed by atoms with van der Waals surface area (Å²) in [5.74, 6) is -0.618.